The maximum Gasteiger partial charge on any atom is 0.132 e. The van der Waals surface area contributed by atoms with Gasteiger partial charge < -0.3 is 10.3 Å². The highest BCUT2D eigenvalue weighted by Gasteiger charge is 2.17. The number of hydrogen-bond acceptors (Lipinski definition) is 4. The average Bonchev–Trinajstić information content (AvgIpc) is 2.88. The normalized spacial score (nSPS) is 19.5. The molecular weight excluding hydrogens is 256 g/mol. The van der Waals surface area contributed by atoms with Gasteiger partial charge in [-0.2, -0.15) is 11.8 Å². The van der Waals surface area contributed by atoms with E-state index >= 15 is 0 Å². The Hall–Kier alpha value is -1.49. The summed E-state index contributed by atoms with van der Waals surface area (Å²) < 4.78 is 2.20. The quantitative estimate of drug-likeness (QED) is 0.935. The highest BCUT2D eigenvalue weighted by molar-refractivity contribution is 7.99. The highest BCUT2D eigenvalue weighted by atomic mass is 32.2. The zero-order valence-corrected chi connectivity index (χ0v) is 11.6. The summed E-state index contributed by atoms with van der Waals surface area (Å²) in [5.74, 6) is 1.85. The van der Waals surface area contributed by atoms with Crippen molar-refractivity contribution in [3.8, 4) is 11.3 Å². The lowest BCUT2D eigenvalue weighted by Gasteiger charge is -2.22. The number of imidazole rings is 1. The number of nitrogen functional groups attached to an aromatic ring is 1. The van der Waals surface area contributed by atoms with Crippen LogP contribution in [0.3, 0.4) is 0 Å². The van der Waals surface area contributed by atoms with E-state index in [-0.39, 0.29) is 0 Å². The van der Waals surface area contributed by atoms with Gasteiger partial charge in [0.1, 0.15) is 5.82 Å². The number of hydrogen-bond donors (Lipinski definition) is 1. The van der Waals surface area contributed by atoms with Crippen molar-refractivity contribution in [1.82, 2.24) is 14.5 Å². The van der Waals surface area contributed by atoms with Crippen LogP contribution >= 0.6 is 11.8 Å². The zero-order valence-electron chi connectivity index (χ0n) is 10.8. The molecule has 4 nitrogen and oxygen atoms in total. The van der Waals surface area contributed by atoms with Crippen molar-refractivity contribution in [2.75, 3.05) is 11.5 Å². The van der Waals surface area contributed by atoms with E-state index in [9.17, 15) is 0 Å². The van der Waals surface area contributed by atoms with E-state index in [1.165, 1.54) is 25.0 Å². The molecule has 3 heterocycles. The fourth-order valence-electron chi connectivity index (χ4n) is 2.50. The minimum Gasteiger partial charge on any atom is -0.383 e. The summed E-state index contributed by atoms with van der Waals surface area (Å²) in [6.45, 7) is 1.01. The number of nitrogens with zero attached hydrogens (tertiary/aromatic N) is 3. The Bertz CT molecular complexity index is 546. The van der Waals surface area contributed by atoms with Crippen LogP contribution in [-0.4, -0.2) is 25.5 Å². The first-order valence-corrected chi connectivity index (χ1v) is 7.72. The standard InChI is InChI=1S/C14H18N4S/c15-14-12(5-3-6-17-14)13-8-16-10-18(13)9-11-4-1-2-7-19-11/h3,5-6,8,10-11H,1-2,4,7,9H2,(H2,15,17). The largest absolute Gasteiger partial charge is 0.383 e. The average molecular weight is 274 g/mol. The van der Waals surface area contributed by atoms with Gasteiger partial charge >= 0.3 is 0 Å². The number of anilines is 1. The van der Waals surface area contributed by atoms with Crippen LogP contribution in [0.4, 0.5) is 5.82 Å². The van der Waals surface area contributed by atoms with E-state index in [1.807, 2.05) is 24.7 Å². The molecule has 5 heteroatoms. The maximum absolute atomic E-state index is 5.96. The third-order valence-corrected chi connectivity index (χ3v) is 4.88. The molecule has 1 fully saturated rings. The molecule has 2 aromatic rings. The minimum atomic E-state index is 0.570. The van der Waals surface area contributed by atoms with Crippen LogP contribution in [0.5, 0.6) is 0 Å². The molecule has 1 aliphatic heterocycles. The molecule has 0 aromatic carbocycles. The van der Waals surface area contributed by atoms with Crippen LogP contribution in [0.15, 0.2) is 30.9 Å². The van der Waals surface area contributed by atoms with Crippen LogP contribution < -0.4 is 5.73 Å². The summed E-state index contributed by atoms with van der Waals surface area (Å²) >= 11 is 2.07. The van der Waals surface area contributed by atoms with Crippen molar-refractivity contribution in [3.63, 3.8) is 0 Å². The fourth-order valence-corrected chi connectivity index (χ4v) is 3.80. The van der Waals surface area contributed by atoms with Gasteiger partial charge in [-0.25, -0.2) is 9.97 Å². The Balaban J connectivity index is 1.84. The molecule has 2 N–H and O–H groups in total. The van der Waals surface area contributed by atoms with Crippen molar-refractivity contribution >= 4 is 17.6 Å². The summed E-state index contributed by atoms with van der Waals surface area (Å²) in [6, 6.07) is 3.92. The van der Waals surface area contributed by atoms with Crippen LogP contribution in [0, 0.1) is 0 Å². The molecule has 1 atom stereocenters. The van der Waals surface area contributed by atoms with Crippen LogP contribution in [0.2, 0.25) is 0 Å². The van der Waals surface area contributed by atoms with Crippen molar-refractivity contribution in [1.29, 1.82) is 0 Å². The molecule has 1 saturated heterocycles. The van der Waals surface area contributed by atoms with E-state index < -0.39 is 0 Å². The Labute approximate surface area is 117 Å². The SMILES string of the molecule is Nc1ncccc1-c1cncn1CC1CCCCS1. The first kappa shape index (κ1) is 12.5. The van der Waals surface area contributed by atoms with E-state index in [0.717, 1.165) is 17.8 Å². The lowest BCUT2D eigenvalue weighted by molar-refractivity contribution is 0.585. The second-order valence-corrected chi connectivity index (χ2v) is 6.26. The van der Waals surface area contributed by atoms with Gasteiger partial charge in [-0.15, -0.1) is 0 Å². The second-order valence-electron chi connectivity index (χ2n) is 4.86. The molecule has 0 aliphatic carbocycles. The number of thioether (sulfide) groups is 1. The van der Waals surface area contributed by atoms with Gasteiger partial charge in [-0.1, -0.05) is 6.42 Å². The van der Waals surface area contributed by atoms with E-state index in [4.69, 9.17) is 5.73 Å². The van der Waals surface area contributed by atoms with E-state index in [2.05, 4.69) is 26.3 Å². The summed E-state index contributed by atoms with van der Waals surface area (Å²) in [7, 11) is 0. The lowest BCUT2D eigenvalue weighted by Crippen LogP contribution is -2.17. The van der Waals surface area contributed by atoms with Gasteiger partial charge in [-0.3, -0.25) is 0 Å². The Morgan fingerprint density at radius 2 is 2.37 bits per heavy atom. The van der Waals surface area contributed by atoms with Crippen LogP contribution in [0.25, 0.3) is 11.3 Å². The number of aromatic nitrogens is 3. The van der Waals surface area contributed by atoms with Crippen molar-refractivity contribution < 1.29 is 0 Å². The molecule has 2 aromatic heterocycles. The van der Waals surface area contributed by atoms with Crippen LogP contribution in [-0.2, 0) is 6.54 Å². The monoisotopic (exact) mass is 274 g/mol. The minimum absolute atomic E-state index is 0.570. The van der Waals surface area contributed by atoms with Gasteiger partial charge in [0, 0.05) is 23.6 Å². The van der Waals surface area contributed by atoms with Gasteiger partial charge in [0.2, 0.25) is 0 Å². The topological polar surface area (TPSA) is 56.7 Å². The smallest absolute Gasteiger partial charge is 0.132 e. The van der Waals surface area contributed by atoms with Gasteiger partial charge in [0.05, 0.1) is 18.2 Å². The van der Waals surface area contributed by atoms with Gasteiger partial charge in [-0.05, 0) is 30.7 Å². The molecule has 19 heavy (non-hydrogen) atoms. The molecule has 0 saturated carbocycles. The lowest BCUT2D eigenvalue weighted by atomic mass is 10.1. The Morgan fingerprint density at radius 1 is 1.42 bits per heavy atom. The molecule has 100 valence electrons. The first-order chi connectivity index (χ1) is 9.34. The van der Waals surface area contributed by atoms with Gasteiger partial charge in [0.15, 0.2) is 0 Å². The van der Waals surface area contributed by atoms with E-state index in [0.29, 0.717) is 11.1 Å². The molecule has 0 spiro atoms. The second kappa shape index (κ2) is 5.65. The third kappa shape index (κ3) is 2.76. The first-order valence-electron chi connectivity index (χ1n) is 6.67. The molecule has 0 radical (unpaired) electrons. The molecule has 3 rings (SSSR count). The predicted octanol–water partition coefficient (Wildman–Crippen LogP) is 2.81. The predicted molar refractivity (Wildman–Crippen MR) is 80.0 cm³/mol. The number of rotatable bonds is 3. The fraction of sp³-hybridized carbons (Fsp3) is 0.429. The number of nitrogens with two attached hydrogens (primary N) is 1. The van der Waals surface area contributed by atoms with Gasteiger partial charge in [0.25, 0.3) is 0 Å². The zero-order chi connectivity index (χ0) is 13.1. The Kier molecular flexibility index (Phi) is 3.73. The van der Waals surface area contributed by atoms with E-state index in [1.54, 1.807) is 6.20 Å². The van der Waals surface area contributed by atoms with Crippen molar-refractivity contribution in [2.24, 2.45) is 0 Å². The summed E-state index contributed by atoms with van der Waals surface area (Å²) in [4.78, 5) is 8.43. The molecule has 0 amide bonds. The van der Waals surface area contributed by atoms with Crippen molar-refractivity contribution in [3.05, 3.63) is 30.9 Å². The van der Waals surface area contributed by atoms with Crippen LogP contribution in [0.1, 0.15) is 19.3 Å². The summed E-state index contributed by atoms with van der Waals surface area (Å²) in [5.41, 5.74) is 8.00. The Morgan fingerprint density at radius 3 is 3.16 bits per heavy atom. The summed E-state index contributed by atoms with van der Waals surface area (Å²) in [6.07, 6.45) is 9.49. The summed E-state index contributed by atoms with van der Waals surface area (Å²) in [5, 5.41) is 0.694. The third-order valence-electron chi connectivity index (χ3n) is 3.50. The number of pyridine rings is 1. The molecule has 0 bridgehead atoms. The maximum atomic E-state index is 5.96. The van der Waals surface area contributed by atoms with Crippen molar-refractivity contribution in [2.45, 2.75) is 31.1 Å². The highest BCUT2D eigenvalue weighted by Crippen LogP contribution is 2.29. The molecule has 1 unspecified atom stereocenters. The molecular formula is C14H18N4S. The molecule has 1 aliphatic rings.